The first-order chi connectivity index (χ1) is 14.2. The zero-order chi connectivity index (χ0) is 21.8. The summed E-state index contributed by atoms with van der Waals surface area (Å²) in [5.41, 5.74) is 7.61. The maximum Gasteiger partial charge on any atom is 0.255 e. The molecular weight excluding hydrogens is 457 g/mol. The fraction of sp³-hybridized carbons (Fsp3) is 0.455. The summed E-state index contributed by atoms with van der Waals surface area (Å²) in [5, 5.41) is 0.684. The summed E-state index contributed by atoms with van der Waals surface area (Å²) in [6.45, 7) is 0.671. The molecule has 0 bridgehead atoms. The summed E-state index contributed by atoms with van der Waals surface area (Å²) >= 11 is 6.20. The Bertz CT molecular complexity index is 979. The number of hydrogen-bond donors (Lipinski definition) is 1. The third kappa shape index (κ3) is 6.42. The van der Waals surface area contributed by atoms with Crippen LogP contribution in [0.5, 0.6) is 0 Å². The van der Waals surface area contributed by atoms with E-state index in [1.807, 2.05) is 18.2 Å². The number of rotatable bonds is 7. The van der Waals surface area contributed by atoms with Crippen LogP contribution >= 0.6 is 24.0 Å². The normalized spacial score (nSPS) is 21.2. The van der Waals surface area contributed by atoms with Crippen LogP contribution in [0.4, 0.5) is 0 Å². The van der Waals surface area contributed by atoms with E-state index in [0.29, 0.717) is 17.1 Å². The number of aromatic nitrogens is 1. The van der Waals surface area contributed by atoms with Crippen molar-refractivity contribution in [1.82, 2.24) is 9.88 Å². The molecule has 0 saturated heterocycles. The first-order valence-corrected chi connectivity index (χ1v) is 12.5. The number of pyridine rings is 1. The monoisotopic (exact) mass is 485 g/mol. The first kappa shape index (κ1) is 25.6. The largest absolute Gasteiger partial charge is 0.335 e. The first-order valence-electron chi connectivity index (χ1n) is 10.1. The Hall–Kier alpha value is -1.67. The summed E-state index contributed by atoms with van der Waals surface area (Å²) < 4.78 is 23.5. The predicted octanol–water partition coefficient (Wildman–Crippen LogP) is 3.48. The van der Waals surface area contributed by atoms with Crippen LogP contribution in [0.2, 0.25) is 5.02 Å². The lowest BCUT2D eigenvalue weighted by atomic mass is 9.68. The molecule has 1 aliphatic rings. The minimum Gasteiger partial charge on any atom is -0.335 e. The Morgan fingerprint density at radius 3 is 2.52 bits per heavy atom. The summed E-state index contributed by atoms with van der Waals surface area (Å²) in [4.78, 5) is 18.9. The molecule has 1 fully saturated rings. The van der Waals surface area contributed by atoms with Crippen LogP contribution in [0, 0.1) is 0 Å². The highest BCUT2D eigenvalue weighted by atomic mass is 35.5. The van der Waals surface area contributed by atoms with Gasteiger partial charge in [0.25, 0.3) is 5.91 Å². The van der Waals surface area contributed by atoms with Gasteiger partial charge in [0.1, 0.15) is 9.84 Å². The van der Waals surface area contributed by atoms with E-state index in [4.69, 9.17) is 17.3 Å². The second-order valence-electron chi connectivity index (χ2n) is 8.10. The SMILES string of the molecule is CS(=O)(=O)CCN(C(=O)c1cccnc1)[C@H]1CC[C@](CN)(c2cccc(Cl)c2)CC1.Cl. The number of carbonyl (C=O) groups is 1. The lowest BCUT2D eigenvalue weighted by Crippen LogP contribution is -2.48. The lowest BCUT2D eigenvalue weighted by molar-refractivity contribution is 0.0611. The third-order valence-corrected chi connectivity index (χ3v) is 7.21. The number of amides is 1. The second kappa shape index (κ2) is 10.8. The van der Waals surface area contributed by atoms with Crippen molar-refractivity contribution in [2.24, 2.45) is 5.73 Å². The van der Waals surface area contributed by atoms with E-state index >= 15 is 0 Å². The van der Waals surface area contributed by atoms with E-state index in [-0.39, 0.29) is 42.1 Å². The quantitative estimate of drug-likeness (QED) is 0.647. The van der Waals surface area contributed by atoms with Gasteiger partial charge < -0.3 is 10.6 Å². The molecule has 31 heavy (non-hydrogen) atoms. The molecule has 6 nitrogen and oxygen atoms in total. The zero-order valence-electron chi connectivity index (χ0n) is 17.5. The minimum absolute atomic E-state index is 0. The van der Waals surface area contributed by atoms with E-state index < -0.39 is 9.84 Å². The van der Waals surface area contributed by atoms with Crippen LogP contribution in [0.15, 0.2) is 48.8 Å². The summed E-state index contributed by atoms with van der Waals surface area (Å²) in [6, 6.07) is 11.2. The van der Waals surface area contributed by atoms with Crippen LogP contribution in [-0.4, -0.2) is 55.3 Å². The number of nitrogens with zero attached hydrogens (tertiary/aromatic N) is 2. The van der Waals surface area contributed by atoms with Gasteiger partial charge >= 0.3 is 0 Å². The van der Waals surface area contributed by atoms with Crippen LogP contribution in [0.25, 0.3) is 0 Å². The van der Waals surface area contributed by atoms with Crippen molar-refractivity contribution in [2.75, 3.05) is 25.1 Å². The van der Waals surface area contributed by atoms with Crippen molar-refractivity contribution >= 4 is 39.8 Å². The van der Waals surface area contributed by atoms with Gasteiger partial charge in [-0.05, 0) is 55.5 Å². The molecule has 0 aliphatic heterocycles. The summed E-state index contributed by atoms with van der Waals surface area (Å²) in [7, 11) is -3.19. The molecule has 0 spiro atoms. The highest BCUT2D eigenvalue weighted by Crippen LogP contribution is 2.41. The Labute approximate surface area is 195 Å². The van der Waals surface area contributed by atoms with Gasteiger partial charge in [0.05, 0.1) is 11.3 Å². The Morgan fingerprint density at radius 1 is 1.26 bits per heavy atom. The van der Waals surface area contributed by atoms with Crippen LogP contribution < -0.4 is 5.73 Å². The van der Waals surface area contributed by atoms with Crippen molar-refractivity contribution in [2.45, 2.75) is 37.1 Å². The van der Waals surface area contributed by atoms with Crippen LogP contribution in [0.1, 0.15) is 41.6 Å². The molecule has 1 heterocycles. The van der Waals surface area contributed by atoms with Crippen molar-refractivity contribution in [3.63, 3.8) is 0 Å². The maximum atomic E-state index is 13.2. The van der Waals surface area contributed by atoms with Crippen molar-refractivity contribution < 1.29 is 13.2 Å². The lowest BCUT2D eigenvalue weighted by Gasteiger charge is -2.43. The smallest absolute Gasteiger partial charge is 0.255 e. The Morgan fingerprint density at radius 2 is 1.97 bits per heavy atom. The summed E-state index contributed by atoms with van der Waals surface area (Å²) in [5.74, 6) is -0.244. The molecular formula is C22H29Cl2N3O3S. The van der Waals surface area contributed by atoms with Crippen molar-refractivity contribution in [3.05, 3.63) is 64.9 Å². The molecule has 0 atom stereocenters. The van der Waals surface area contributed by atoms with Gasteiger partial charge in [0.15, 0.2) is 0 Å². The molecule has 1 amide bonds. The van der Waals surface area contributed by atoms with Gasteiger partial charge in [-0.2, -0.15) is 0 Å². The molecule has 2 N–H and O–H groups in total. The molecule has 2 aromatic rings. The van der Waals surface area contributed by atoms with Crippen LogP contribution in [-0.2, 0) is 15.3 Å². The van der Waals surface area contributed by atoms with E-state index in [0.717, 1.165) is 31.2 Å². The average molecular weight is 486 g/mol. The van der Waals surface area contributed by atoms with E-state index in [2.05, 4.69) is 11.1 Å². The maximum absolute atomic E-state index is 13.2. The topological polar surface area (TPSA) is 93.4 Å². The molecule has 1 aromatic carbocycles. The van der Waals surface area contributed by atoms with Crippen molar-refractivity contribution in [1.29, 1.82) is 0 Å². The second-order valence-corrected chi connectivity index (χ2v) is 10.8. The molecule has 1 aromatic heterocycles. The molecule has 1 aliphatic carbocycles. The zero-order valence-corrected chi connectivity index (χ0v) is 19.9. The number of hydrogen-bond acceptors (Lipinski definition) is 5. The van der Waals surface area contributed by atoms with Gasteiger partial charge in [-0.15, -0.1) is 12.4 Å². The number of nitrogens with two attached hydrogens (primary N) is 1. The molecule has 0 radical (unpaired) electrons. The van der Waals surface area contributed by atoms with E-state index in [1.165, 1.54) is 12.5 Å². The number of sulfone groups is 1. The van der Waals surface area contributed by atoms with Crippen LogP contribution in [0.3, 0.4) is 0 Å². The standard InChI is InChI=1S/C22H28ClN3O3S.ClH/c1-30(28,29)13-12-26(21(27)17-4-3-11-25-15-17)20-7-9-22(16-24,10-8-20)18-5-2-6-19(23)14-18;/h2-6,11,14-15,20H,7-10,12-13,16,24H2,1H3;1H/t20-,22-;. The van der Waals surface area contributed by atoms with E-state index in [9.17, 15) is 13.2 Å². The van der Waals surface area contributed by atoms with Crippen molar-refractivity contribution in [3.8, 4) is 0 Å². The van der Waals surface area contributed by atoms with Gasteiger partial charge in [0, 0.05) is 48.2 Å². The minimum atomic E-state index is -3.19. The fourth-order valence-corrected chi connectivity index (χ4v) is 4.98. The highest BCUT2D eigenvalue weighted by molar-refractivity contribution is 7.90. The predicted molar refractivity (Wildman–Crippen MR) is 127 cm³/mol. The van der Waals surface area contributed by atoms with Gasteiger partial charge in [0.2, 0.25) is 0 Å². The highest BCUT2D eigenvalue weighted by Gasteiger charge is 2.39. The molecule has 170 valence electrons. The van der Waals surface area contributed by atoms with Gasteiger partial charge in [-0.1, -0.05) is 23.7 Å². The molecule has 9 heteroatoms. The average Bonchev–Trinajstić information content (AvgIpc) is 2.74. The Kier molecular flexibility index (Phi) is 8.89. The Balaban J connectivity index is 0.00000341. The number of carbonyl (C=O) groups excluding carboxylic acids is 1. The number of benzene rings is 1. The molecule has 1 saturated carbocycles. The molecule has 0 unspecified atom stereocenters. The van der Waals surface area contributed by atoms with Gasteiger partial charge in [-0.25, -0.2) is 8.42 Å². The summed E-state index contributed by atoms with van der Waals surface area (Å²) in [6.07, 6.45) is 7.44. The molecule has 3 rings (SSSR count). The third-order valence-electron chi connectivity index (χ3n) is 6.05. The fourth-order valence-electron chi connectivity index (χ4n) is 4.27. The van der Waals surface area contributed by atoms with E-state index in [1.54, 1.807) is 23.2 Å². The van der Waals surface area contributed by atoms with Gasteiger partial charge in [-0.3, -0.25) is 9.78 Å². The number of halogens is 2.